The summed E-state index contributed by atoms with van der Waals surface area (Å²) in [7, 11) is 0. The zero-order chi connectivity index (χ0) is 30.7. The van der Waals surface area contributed by atoms with Gasteiger partial charge >= 0.3 is 35.6 Å². The van der Waals surface area contributed by atoms with Crippen LogP contribution in [0.15, 0.2) is 0 Å². The van der Waals surface area contributed by atoms with Gasteiger partial charge in [0.2, 0.25) is 0 Å². The third-order valence-electron chi connectivity index (χ3n) is 5.64. The number of esters is 2. The normalized spacial score (nSPS) is 12.1. The first-order valence-electron chi connectivity index (χ1n) is 12.4. The minimum Gasteiger partial charge on any atom is -0.459 e. The lowest BCUT2D eigenvalue weighted by Crippen LogP contribution is -2.56. The number of hydrogen-bond acceptors (Lipinski definition) is 8. The van der Waals surface area contributed by atoms with E-state index in [-0.39, 0.29) is 24.0 Å². The van der Waals surface area contributed by atoms with Crippen molar-refractivity contribution in [3.05, 3.63) is 32.0 Å². The SMILES string of the molecule is CCc1c(C)sc(NC(=O)C(F)(F)C(F)(F)C(=O)Nc2sc(C)c(CC)c2C(=O)OC(C)C)c1C(=O)OC(C)C. The van der Waals surface area contributed by atoms with E-state index in [1.807, 2.05) is 0 Å². The van der Waals surface area contributed by atoms with Crippen LogP contribution in [-0.4, -0.2) is 47.8 Å². The lowest BCUT2D eigenvalue weighted by atomic mass is 10.1. The van der Waals surface area contributed by atoms with Gasteiger partial charge in [0.05, 0.1) is 23.3 Å². The summed E-state index contributed by atoms with van der Waals surface area (Å²) < 4.78 is 70.0. The molecule has 8 nitrogen and oxygen atoms in total. The molecule has 2 aromatic heterocycles. The monoisotopic (exact) mass is 608 g/mol. The number of rotatable bonds is 11. The third kappa shape index (κ3) is 6.65. The molecule has 0 aromatic carbocycles. The van der Waals surface area contributed by atoms with E-state index in [1.54, 1.807) is 66.0 Å². The zero-order valence-electron chi connectivity index (χ0n) is 23.3. The molecule has 40 heavy (non-hydrogen) atoms. The van der Waals surface area contributed by atoms with Gasteiger partial charge in [-0.3, -0.25) is 9.59 Å². The maximum absolute atomic E-state index is 14.9. The fourth-order valence-corrected chi connectivity index (χ4v) is 6.07. The molecule has 0 atom stereocenters. The predicted molar refractivity (Wildman–Crippen MR) is 145 cm³/mol. The highest BCUT2D eigenvalue weighted by atomic mass is 32.1. The van der Waals surface area contributed by atoms with Crippen LogP contribution in [0.3, 0.4) is 0 Å². The second kappa shape index (κ2) is 12.7. The van der Waals surface area contributed by atoms with Crippen molar-refractivity contribution in [2.45, 2.75) is 92.3 Å². The Labute approximate surface area is 237 Å². The molecule has 0 saturated heterocycles. The Morgan fingerprint density at radius 3 is 1.25 bits per heavy atom. The quantitative estimate of drug-likeness (QED) is 0.222. The van der Waals surface area contributed by atoms with Crippen molar-refractivity contribution in [1.29, 1.82) is 0 Å². The van der Waals surface area contributed by atoms with Gasteiger partial charge in [0.25, 0.3) is 0 Å². The number of amides is 2. The maximum Gasteiger partial charge on any atom is 0.396 e. The summed E-state index contributed by atoms with van der Waals surface area (Å²) in [4.78, 5) is 51.2. The Hall–Kier alpha value is -3.00. The molecular weight excluding hydrogens is 576 g/mol. The van der Waals surface area contributed by atoms with Gasteiger partial charge < -0.3 is 20.1 Å². The molecule has 2 heterocycles. The van der Waals surface area contributed by atoms with Crippen LogP contribution in [-0.2, 0) is 31.9 Å². The molecule has 0 saturated carbocycles. The largest absolute Gasteiger partial charge is 0.459 e. The molecule has 2 aromatic rings. The minimum absolute atomic E-state index is 0.218. The number of nitrogens with one attached hydrogen (secondary N) is 2. The number of carbonyl (C=O) groups excluding carboxylic acids is 4. The number of carbonyl (C=O) groups is 4. The van der Waals surface area contributed by atoms with Crippen LogP contribution in [0.2, 0.25) is 0 Å². The summed E-state index contributed by atoms with van der Waals surface area (Å²) in [5, 5.41) is 2.59. The van der Waals surface area contributed by atoms with Gasteiger partial charge in [-0.15, -0.1) is 22.7 Å². The van der Waals surface area contributed by atoms with E-state index in [1.165, 1.54) is 0 Å². The summed E-state index contributed by atoms with van der Waals surface area (Å²) in [5.74, 6) is -17.9. The van der Waals surface area contributed by atoms with E-state index < -0.39 is 57.8 Å². The maximum atomic E-state index is 14.9. The molecule has 0 aliphatic rings. The number of thiophene rings is 2. The fraction of sp³-hybridized carbons (Fsp3) is 0.538. The fourth-order valence-electron chi connectivity index (χ4n) is 3.81. The molecule has 0 radical (unpaired) electrons. The van der Waals surface area contributed by atoms with E-state index in [9.17, 15) is 36.7 Å². The molecule has 0 aliphatic heterocycles. The standard InChI is InChI=1S/C26H32F4N2O6S2/c1-9-15-13(7)39-19(17(15)21(33)37-11(3)4)31-23(35)25(27,28)26(29,30)24(36)32-20-18(22(34)38-12(5)6)16(10-2)14(8)40-20/h11-12H,9-10H2,1-8H3,(H,31,35)(H,32,36). The third-order valence-corrected chi connectivity index (χ3v) is 7.76. The lowest BCUT2D eigenvalue weighted by Gasteiger charge is -2.24. The number of halogens is 4. The number of alkyl halides is 4. The first kappa shape index (κ1) is 33.2. The van der Waals surface area contributed by atoms with Crippen LogP contribution in [0.4, 0.5) is 27.6 Å². The van der Waals surface area contributed by atoms with Crippen molar-refractivity contribution in [2.75, 3.05) is 10.6 Å². The first-order valence-corrected chi connectivity index (χ1v) is 14.1. The van der Waals surface area contributed by atoms with Gasteiger partial charge in [-0.05, 0) is 65.5 Å². The predicted octanol–water partition coefficient (Wildman–Crippen LogP) is 6.53. The van der Waals surface area contributed by atoms with Crippen LogP contribution in [0, 0.1) is 13.8 Å². The topological polar surface area (TPSA) is 111 Å². The van der Waals surface area contributed by atoms with Crippen molar-refractivity contribution in [3.63, 3.8) is 0 Å². The Balaban J connectivity index is 2.41. The summed E-state index contributed by atoms with van der Waals surface area (Å²) in [6, 6.07) is 0. The van der Waals surface area contributed by atoms with Crippen molar-refractivity contribution < 1.29 is 46.2 Å². The van der Waals surface area contributed by atoms with Crippen LogP contribution < -0.4 is 10.6 Å². The molecule has 2 amide bonds. The van der Waals surface area contributed by atoms with Gasteiger partial charge in [0.15, 0.2) is 0 Å². The highest BCUT2D eigenvalue weighted by Crippen LogP contribution is 2.41. The average Bonchev–Trinajstić information content (AvgIpc) is 3.32. The molecule has 0 bridgehead atoms. The molecule has 0 aliphatic carbocycles. The summed E-state index contributed by atoms with van der Waals surface area (Å²) in [6.07, 6.45) is -0.603. The molecule has 0 spiro atoms. The summed E-state index contributed by atoms with van der Waals surface area (Å²) in [5.41, 5.74) is 0.369. The van der Waals surface area contributed by atoms with Gasteiger partial charge in [-0.2, -0.15) is 17.6 Å². The second-order valence-corrected chi connectivity index (χ2v) is 11.8. The Bertz CT molecular complexity index is 1200. The molecular formula is C26H32F4N2O6S2. The second-order valence-electron chi connectivity index (χ2n) is 9.35. The lowest BCUT2D eigenvalue weighted by molar-refractivity contribution is -0.204. The number of aryl methyl sites for hydroxylation is 2. The van der Waals surface area contributed by atoms with Gasteiger partial charge in [0.1, 0.15) is 10.0 Å². The minimum atomic E-state index is -5.54. The van der Waals surface area contributed by atoms with Gasteiger partial charge in [-0.1, -0.05) is 13.8 Å². The Kier molecular flexibility index (Phi) is 10.5. The number of anilines is 2. The van der Waals surface area contributed by atoms with Gasteiger partial charge in [0, 0.05) is 9.75 Å². The molecule has 14 heteroatoms. The number of hydrogen-bond donors (Lipinski definition) is 2. The highest BCUT2D eigenvalue weighted by molar-refractivity contribution is 7.17. The van der Waals surface area contributed by atoms with E-state index in [4.69, 9.17) is 9.47 Å². The van der Waals surface area contributed by atoms with Crippen molar-refractivity contribution in [2.24, 2.45) is 0 Å². The molecule has 2 rings (SSSR count). The number of ether oxygens (including phenoxy) is 2. The van der Waals surface area contributed by atoms with Gasteiger partial charge in [-0.25, -0.2) is 9.59 Å². The average molecular weight is 609 g/mol. The van der Waals surface area contributed by atoms with Crippen molar-refractivity contribution in [3.8, 4) is 0 Å². The van der Waals surface area contributed by atoms with Crippen LogP contribution in [0.25, 0.3) is 0 Å². The smallest absolute Gasteiger partial charge is 0.396 e. The van der Waals surface area contributed by atoms with Crippen molar-refractivity contribution in [1.82, 2.24) is 0 Å². The first-order chi connectivity index (χ1) is 18.4. The van der Waals surface area contributed by atoms with E-state index in [0.29, 0.717) is 20.9 Å². The Morgan fingerprint density at radius 2 is 1.00 bits per heavy atom. The van der Waals surface area contributed by atoms with Crippen LogP contribution in [0.5, 0.6) is 0 Å². The van der Waals surface area contributed by atoms with Crippen LogP contribution in [0.1, 0.15) is 83.1 Å². The van der Waals surface area contributed by atoms with Crippen molar-refractivity contribution >= 4 is 56.4 Å². The Morgan fingerprint density at radius 1 is 0.700 bits per heavy atom. The molecule has 222 valence electrons. The summed E-state index contributed by atoms with van der Waals surface area (Å²) in [6.45, 7) is 12.7. The van der Waals surface area contributed by atoms with E-state index in [2.05, 4.69) is 0 Å². The van der Waals surface area contributed by atoms with E-state index in [0.717, 1.165) is 22.7 Å². The molecule has 0 fully saturated rings. The molecule has 0 unspecified atom stereocenters. The van der Waals surface area contributed by atoms with E-state index >= 15 is 0 Å². The zero-order valence-corrected chi connectivity index (χ0v) is 25.0. The van der Waals surface area contributed by atoms with Crippen LogP contribution >= 0.6 is 22.7 Å². The molecule has 2 N–H and O–H groups in total. The highest BCUT2D eigenvalue weighted by Gasteiger charge is 2.67. The summed E-state index contributed by atoms with van der Waals surface area (Å²) >= 11 is 1.49.